The standard InChI is InChI=1S/C8H10F2IN3/c1-8(2,6(9)10)14-7-12-3-5(11)4-13-7/h3-4,6H,1-2H3,(H,12,13,14). The molecule has 1 aromatic heterocycles. The maximum atomic E-state index is 12.5. The molecule has 0 saturated carbocycles. The molecule has 0 aliphatic rings. The van der Waals surface area contributed by atoms with Crippen LogP contribution < -0.4 is 5.32 Å². The molecule has 0 fully saturated rings. The van der Waals surface area contributed by atoms with Gasteiger partial charge in [-0.15, -0.1) is 0 Å². The van der Waals surface area contributed by atoms with Crippen molar-refractivity contribution in [3.63, 3.8) is 0 Å². The van der Waals surface area contributed by atoms with Crippen molar-refractivity contribution in [2.24, 2.45) is 0 Å². The highest BCUT2D eigenvalue weighted by Crippen LogP contribution is 2.18. The number of hydrogen-bond acceptors (Lipinski definition) is 3. The summed E-state index contributed by atoms with van der Waals surface area (Å²) in [6.07, 6.45) is 0.667. The molecule has 1 heterocycles. The van der Waals surface area contributed by atoms with Crippen LogP contribution in [-0.2, 0) is 0 Å². The van der Waals surface area contributed by atoms with Crippen LogP contribution in [0.4, 0.5) is 14.7 Å². The fourth-order valence-electron chi connectivity index (χ4n) is 0.720. The lowest BCUT2D eigenvalue weighted by molar-refractivity contribution is 0.0844. The van der Waals surface area contributed by atoms with E-state index in [1.807, 2.05) is 22.6 Å². The van der Waals surface area contributed by atoms with E-state index in [2.05, 4.69) is 15.3 Å². The molecule has 14 heavy (non-hydrogen) atoms. The summed E-state index contributed by atoms with van der Waals surface area (Å²) in [5.74, 6) is 0.218. The van der Waals surface area contributed by atoms with Crippen molar-refractivity contribution in [3.8, 4) is 0 Å². The van der Waals surface area contributed by atoms with E-state index in [0.717, 1.165) is 3.57 Å². The molecule has 0 radical (unpaired) electrons. The molecule has 6 heteroatoms. The molecule has 1 aromatic rings. The van der Waals surface area contributed by atoms with Gasteiger partial charge in [0.15, 0.2) is 0 Å². The Bertz CT molecular complexity index is 300. The Morgan fingerprint density at radius 3 is 2.29 bits per heavy atom. The predicted octanol–water partition coefficient (Wildman–Crippen LogP) is 2.54. The molecule has 0 spiro atoms. The second-order valence-corrected chi connectivity index (χ2v) is 4.62. The van der Waals surface area contributed by atoms with Crippen LogP contribution in [0.15, 0.2) is 12.4 Å². The number of rotatable bonds is 3. The Balaban J connectivity index is 2.74. The second-order valence-electron chi connectivity index (χ2n) is 3.37. The Hall–Kier alpha value is -0.530. The summed E-state index contributed by atoms with van der Waals surface area (Å²) in [7, 11) is 0. The summed E-state index contributed by atoms with van der Waals surface area (Å²) >= 11 is 2.05. The minimum absolute atomic E-state index is 0.218. The van der Waals surface area contributed by atoms with Gasteiger partial charge >= 0.3 is 0 Å². The lowest BCUT2D eigenvalue weighted by atomic mass is 10.1. The molecule has 0 aromatic carbocycles. The van der Waals surface area contributed by atoms with Gasteiger partial charge < -0.3 is 5.32 Å². The quantitative estimate of drug-likeness (QED) is 0.872. The molecule has 1 N–H and O–H groups in total. The van der Waals surface area contributed by atoms with Crippen LogP contribution in [0.2, 0.25) is 0 Å². The molecule has 0 aliphatic carbocycles. The number of hydrogen-bond donors (Lipinski definition) is 1. The first kappa shape index (κ1) is 11.5. The van der Waals surface area contributed by atoms with Gasteiger partial charge in [0.25, 0.3) is 6.43 Å². The van der Waals surface area contributed by atoms with Crippen molar-refractivity contribution < 1.29 is 8.78 Å². The van der Waals surface area contributed by atoms with Gasteiger partial charge in [0.05, 0.1) is 5.54 Å². The first-order valence-electron chi connectivity index (χ1n) is 3.96. The van der Waals surface area contributed by atoms with E-state index in [1.165, 1.54) is 13.8 Å². The molecule has 3 nitrogen and oxygen atoms in total. The number of halogens is 3. The first-order chi connectivity index (χ1) is 6.42. The maximum absolute atomic E-state index is 12.5. The summed E-state index contributed by atoms with van der Waals surface area (Å²) in [5, 5.41) is 2.57. The summed E-state index contributed by atoms with van der Waals surface area (Å²) in [5.41, 5.74) is -1.31. The van der Waals surface area contributed by atoms with Gasteiger partial charge in [0.1, 0.15) is 0 Å². The van der Waals surface area contributed by atoms with Crippen LogP contribution in [0, 0.1) is 3.57 Å². The van der Waals surface area contributed by atoms with Gasteiger partial charge in [0, 0.05) is 16.0 Å². The number of alkyl halides is 2. The van der Waals surface area contributed by atoms with Gasteiger partial charge in [-0.2, -0.15) is 0 Å². The third kappa shape index (κ3) is 3.00. The Morgan fingerprint density at radius 2 is 1.86 bits per heavy atom. The summed E-state index contributed by atoms with van der Waals surface area (Å²) in [4.78, 5) is 7.77. The normalized spacial score (nSPS) is 11.9. The molecular formula is C8H10F2IN3. The van der Waals surface area contributed by atoms with Crippen LogP contribution in [0.3, 0.4) is 0 Å². The summed E-state index contributed by atoms with van der Waals surface area (Å²) < 4.78 is 25.8. The van der Waals surface area contributed by atoms with Crippen molar-refractivity contribution in [1.29, 1.82) is 0 Å². The zero-order chi connectivity index (χ0) is 10.8. The zero-order valence-electron chi connectivity index (χ0n) is 7.76. The number of nitrogens with one attached hydrogen (secondary N) is 1. The highest BCUT2D eigenvalue weighted by molar-refractivity contribution is 14.1. The van der Waals surface area contributed by atoms with Crippen LogP contribution in [0.5, 0.6) is 0 Å². The van der Waals surface area contributed by atoms with E-state index in [0.29, 0.717) is 0 Å². The van der Waals surface area contributed by atoms with Crippen LogP contribution in [0.25, 0.3) is 0 Å². The predicted molar refractivity (Wildman–Crippen MR) is 58.5 cm³/mol. The number of aromatic nitrogens is 2. The molecule has 0 aliphatic heterocycles. The van der Waals surface area contributed by atoms with Crippen LogP contribution in [-0.4, -0.2) is 21.9 Å². The van der Waals surface area contributed by atoms with Crippen molar-refractivity contribution in [2.75, 3.05) is 5.32 Å². The fraction of sp³-hybridized carbons (Fsp3) is 0.500. The maximum Gasteiger partial charge on any atom is 0.260 e. The van der Waals surface area contributed by atoms with E-state index in [4.69, 9.17) is 0 Å². The zero-order valence-corrected chi connectivity index (χ0v) is 9.92. The minimum Gasteiger partial charge on any atom is -0.344 e. The van der Waals surface area contributed by atoms with Gasteiger partial charge in [-0.3, -0.25) is 0 Å². The van der Waals surface area contributed by atoms with E-state index in [1.54, 1.807) is 12.4 Å². The summed E-state index contributed by atoms with van der Waals surface area (Å²) in [6, 6.07) is 0. The van der Waals surface area contributed by atoms with Gasteiger partial charge in [0.2, 0.25) is 5.95 Å². The third-order valence-electron chi connectivity index (χ3n) is 1.60. The third-order valence-corrected chi connectivity index (χ3v) is 2.16. The van der Waals surface area contributed by atoms with Gasteiger partial charge in [-0.25, -0.2) is 18.7 Å². The average Bonchev–Trinajstić information content (AvgIpc) is 2.08. The molecule has 0 saturated heterocycles. The van der Waals surface area contributed by atoms with E-state index >= 15 is 0 Å². The van der Waals surface area contributed by atoms with Crippen LogP contribution >= 0.6 is 22.6 Å². The Labute approximate surface area is 94.5 Å². The van der Waals surface area contributed by atoms with Gasteiger partial charge in [-0.1, -0.05) is 0 Å². The highest BCUT2D eigenvalue weighted by Gasteiger charge is 2.29. The molecular weight excluding hydrogens is 303 g/mol. The molecule has 0 amide bonds. The second kappa shape index (κ2) is 4.33. The van der Waals surface area contributed by atoms with Crippen molar-refractivity contribution >= 4 is 28.5 Å². The van der Waals surface area contributed by atoms with E-state index in [-0.39, 0.29) is 5.95 Å². The minimum atomic E-state index is -2.47. The SMILES string of the molecule is CC(C)(Nc1ncc(I)cn1)C(F)F. The summed E-state index contributed by atoms with van der Waals surface area (Å²) in [6.45, 7) is 2.80. The Morgan fingerprint density at radius 1 is 1.36 bits per heavy atom. The molecule has 0 bridgehead atoms. The molecule has 0 unspecified atom stereocenters. The average molecular weight is 313 g/mol. The number of nitrogens with zero attached hydrogens (tertiary/aromatic N) is 2. The number of anilines is 1. The lowest BCUT2D eigenvalue weighted by Crippen LogP contribution is -2.39. The monoisotopic (exact) mass is 313 g/mol. The van der Waals surface area contributed by atoms with Gasteiger partial charge in [-0.05, 0) is 36.4 Å². The van der Waals surface area contributed by atoms with Crippen molar-refractivity contribution in [2.45, 2.75) is 25.8 Å². The fourth-order valence-corrected chi connectivity index (χ4v) is 0.998. The topological polar surface area (TPSA) is 37.8 Å². The smallest absolute Gasteiger partial charge is 0.260 e. The lowest BCUT2D eigenvalue weighted by Gasteiger charge is -2.24. The van der Waals surface area contributed by atoms with E-state index < -0.39 is 12.0 Å². The van der Waals surface area contributed by atoms with Crippen molar-refractivity contribution in [1.82, 2.24) is 9.97 Å². The largest absolute Gasteiger partial charge is 0.344 e. The molecule has 78 valence electrons. The van der Waals surface area contributed by atoms with Crippen molar-refractivity contribution in [3.05, 3.63) is 16.0 Å². The van der Waals surface area contributed by atoms with Crippen LogP contribution in [0.1, 0.15) is 13.8 Å². The highest BCUT2D eigenvalue weighted by atomic mass is 127. The first-order valence-corrected chi connectivity index (χ1v) is 5.03. The Kier molecular flexibility index (Phi) is 3.57. The van der Waals surface area contributed by atoms with E-state index in [9.17, 15) is 8.78 Å². The molecule has 1 rings (SSSR count). The molecule has 0 atom stereocenters.